The Morgan fingerprint density at radius 2 is 2.15 bits per heavy atom. The number of aromatic nitrogens is 5. The summed E-state index contributed by atoms with van der Waals surface area (Å²) in [4.78, 5) is 26.4. The molecule has 2 atom stereocenters. The molecule has 0 saturated carbocycles. The number of benzene rings is 1. The van der Waals surface area contributed by atoms with Gasteiger partial charge in [0, 0.05) is 44.5 Å². The van der Waals surface area contributed by atoms with Crippen molar-refractivity contribution in [3.05, 3.63) is 65.8 Å². The normalized spacial score (nSPS) is 19.8. The number of H-pyrrole nitrogens is 2. The fraction of sp³-hybridized carbons (Fsp3) is 0.333. The largest absolute Gasteiger partial charge is 0.380 e. The molecule has 4 rings (SSSR count). The third-order valence-corrected chi connectivity index (χ3v) is 4.73. The molecule has 1 aliphatic rings. The molecule has 8 heteroatoms. The second-order valence-corrected chi connectivity index (χ2v) is 6.35. The number of nitrogens with one attached hydrogen (secondary N) is 2. The molecule has 2 N–H and O–H groups in total. The van der Waals surface area contributed by atoms with E-state index in [1.165, 1.54) is 6.33 Å². The lowest BCUT2D eigenvalue weighted by molar-refractivity contribution is 0.0684. The number of imidazole rings is 1. The minimum atomic E-state index is -0.101. The summed E-state index contributed by atoms with van der Waals surface area (Å²) in [5, 5.41) is 6.69. The number of hydrogen-bond donors (Lipinski definition) is 2. The van der Waals surface area contributed by atoms with E-state index in [0.29, 0.717) is 18.5 Å². The van der Waals surface area contributed by atoms with Gasteiger partial charge < -0.3 is 14.6 Å². The molecular weight excluding hydrogens is 332 g/mol. The van der Waals surface area contributed by atoms with Crippen LogP contribution in [0.15, 0.2) is 43.0 Å². The van der Waals surface area contributed by atoms with Gasteiger partial charge in [0.1, 0.15) is 18.0 Å². The quantitative estimate of drug-likeness (QED) is 0.728. The number of nitrogens with zero attached hydrogens (tertiary/aromatic N) is 4. The van der Waals surface area contributed by atoms with Crippen LogP contribution in [0.25, 0.3) is 0 Å². The highest BCUT2D eigenvalue weighted by Crippen LogP contribution is 2.32. The average molecular weight is 352 g/mol. The molecule has 3 heterocycles. The Morgan fingerprint density at radius 1 is 1.31 bits per heavy atom. The van der Waals surface area contributed by atoms with Crippen molar-refractivity contribution in [2.45, 2.75) is 25.0 Å². The van der Waals surface area contributed by atoms with Gasteiger partial charge in [0.15, 0.2) is 0 Å². The first kappa shape index (κ1) is 16.5. The van der Waals surface area contributed by atoms with Gasteiger partial charge in [-0.2, -0.15) is 5.10 Å². The lowest BCUT2D eigenvalue weighted by atomic mass is 10.1. The Morgan fingerprint density at radius 3 is 2.81 bits per heavy atom. The zero-order chi connectivity index (χ0) is 17.9. The lowest BCUT2D eigenvalue weighted by Crippen LogP contribution is -2.32. The van der Waals surface area contributed by atoms with Crippen LogP contribution in [0.3, 0.4) is 0 Å². The maximum absolute atomic E-state index is 13.0. The molecule has 1 amide bonds. The minimum Gasteiger partial charge on any atom is -0.380 e. The summed E-state index contributed by atoms with van der Waals surface area (Å²) >= 11 is 0. The number of rotatable bonds is 5. The molecule has 1 aromatic carbocycles. The van der Waals surface area contributed by atoms with Gasteiger partial charge >= 0.3 is 0 Å². The fourth-order valence-electron chi connectivity index (χ4n) is 3.35. The molecular formula is C18H20N6O2. The van der Waals surface area contributed by atoms with Gasteiger partial charge in [0.25, 0.3) is 5.91 Å². The molecule has 26 heavy (non-hydrogen) atoms. The topological polar surface area (TPSA) is 99.8 Å². The van der Waals surface area contributed by atoms with Gasteiger partial charge in [-0.1, -0.05) is 12.1 Å². The van der Waals surface area contributed by atoms with Crippen LogP contribution in [0.5, 0.6) is 0 Å². The van der Waals surface area contributed by atoms with E-state index in [-0.39, 0.29) is 18.1 Å². The first-order valence-corrected chi connectivity index (χ1v) is 8.51. The number of carbonyl (C=O) groups excluding carboxylic acids is 1. The van der Waals surface area contributed by atoms with E-state index < -0.39 is 0 Å². The van der Waals surface area contributed by atoms with Crippen LogP contribution in [-0.4, -0.2) is 55.7 Å². The van der Waals surface area contributed by atoms with Crippen LogP contribution < -0.4 is 0 Å². The smallest absolute Gasteiger partial charge is 0.254 e. The Labute approximate surface area is 150 Å². The number of hydrogen-bond acceptors (Lipinski definition) is 5. The molecule has 0 spiro atoms. The highest BCUT2D eigenvalue weighted by molar-refractivity contribution is 5.94. The average Bonchev–Trinajstić information content (AvgIpc) is 3.42. The van der Waals surface area contributed by atoms with Gasteiger partial charge in [0.2, 0.25) is 0 Å². The number of aromatic amines is 2. The van der Waals surface area contributed by atoms with Crippen molar-refractivity contribution < 1.29 is 9.53 Å². The van der Waals surface area contributed by atoms with E-state index in [1.54, 1.807) is 19.5 Å². The summed E-state index contributed by atoms with van der Waals surface area (Å²) < 4.78 is 5.48. The van der Waals surface area contributed by atoms with E-state index >= 15 is 0 Å². The zero-order valence-corrected chi connectivity index (χ0v) is 14.4. The van der Waals surface area contributed by atoms with Crippen molar-refractivity contribution in [3.63, 3.8) is 0 Å². The van der Waals surface area contributed by atoms with Gasteiger partial charge in [-0.05, 0) is 17.7 Å². The second-order valence-electron chi connectivity index (χ2n) is 6.35. The van der Waals surface area contributed by atoms with Crippen LogP contribution in [0, 0.1) is 0 Å². The molecule has 2 aromatic heterocycles. The van der Waals surface area contributed by atoms with Crippen LogP contribution in [0.2, 0.25) is 0 Å². The first-order chi connectivity index (χ1) is 12.7. The van der Waals surface area contributed by atoms with E-state index in [4.69, 9.17) is 4.74 Å². The fourth-order valence-corrected chi connectivity index (χ4v) is 3.35. The van der Waals surface area contributed by atoms with Gasteiger partial charge in [0.05, 0.1) is 12.1 Å². The van der Waals surface area contributed by atoms with Crippen molar-refractivity contribution in [1.82, 2.24) is 30.0 Å². The van der Waals surface area contributed by atoms with E-state index in [1.807, 2.05) is 29.2 Å². The monoisotopic (exact) mass is 352 g/mol. The Bertz CT molecular complexity index is 844. The molecule has 0 aliphatic carbocycles. The SMILES string of the molecule is CO[C@@H]1CC(c2ncc[nH]2)N(C(=O)c2ccc(Cc3ncn[nH]3)cc2)C1. The van der Waals surface area contributed by atoms with Gasteiger partial charge in [-0.3, -0.25) is 9.89 Å². The summed E-state index contributed by atoms with van der Waals surface area (Å²) in [6, 6.07) is 7.50. The molecule has 134 valence electrons. The van der Waals surface area contributed by atoms with E-state index in [0.717, 1.165) is 23.6 Å². The van der Waals surface area contributed by atoms with Crippen molar-refractivity contribution in [2.75, 3.05) is 13.7 Å². The summed E-state index contributed by atoms with van der Waals surface area (Å²) in [6.07, 6.45) is 6.37. The highest BCUT2D eigenvalue weighted by atomic mass is 16.5. The van der Waals surface area contributed by atoms with Gasteiger partial charge in [-0.25, -0.2) is 9.97 Å². The van der Waals surface area contributed by atoms with Crippen molar-refractivity contribution >= 4 is 5.91 Å². The maximum Gasteiger partial charge on any atom is 0.254 e. The van der Waals surface area contributed by atoms with Crippen molar-refractivity contribution in [2.24, 2.45) is 0 Å². The first-order valence-electron chi connectivity index (χ1n) is 8.51. The summed E-state index contributed by atoms with van der Waals surface area (Å²) in [5.74, 6) is 1.57. The predicted molar refractivity (Wildman–Crippen MR) is 93.4 cm³/mol. The minimum absolute atomic E-state index is 0.0137. The number of amides is 1. The summed E-state index contributed by atoms with van der Waals surface area (Å²) in [6.45, 7) is 0.556. The molecule has 1 unspecified atom stereocenters. The third-order valence-electron chi connectivity index (χ3n) is 4.73. The number of methoxy groups -OCH3 is 1. The molecule has 0 radical (unpaired) electrons. The summed E-state index contributed by atoms with van der Waals surface area (Å²) in [7, 11) is 1.68. The molecule has 0 bridgehead atoms. The van der Waals surface area contributed by atoms with Crippen molar-refractivity contribution in [1.29, 1.82) is 0 Å². The van der Waals surface area contributed by atoms with Crippen molar-refractivity contribution in [3.8, 4) is 0 Å². The molecule has 1 aliphatic heterocycles. The second kappa shape index (κ2) is 7.09. The Hall–Kier alpha value is -3.00. The standard InChI is InChI=1S/C18H20N6O2/c1-26-14-9-15(17-19-6-7-20-17)24(10-14)18(25)13-4-2-12(3-5-13)8-16-21-11-22-23-16/h2-7,11,14-15H,8-10H2,1H3,(H,19,20)(H,21,22,23)/t14-,15?/m1/s1. The van der Waals surface area contributed by atoms with Crippen LogP contribution >= 0.6 is 0 Å². The zero-order valence-electron chi connectivity index (χ0n) is 14.4. The number of ether oxygens (including phenoxy) is 1. The van der Waals surface area contributed by atoms with Crippen LogP contribution in [0.1, 0.15) is 40.0 Å². The molecule has 8 nitrogen and oxygen atoms in total. The Kier molecular flexibility index (Phi) is 4.49. The molecule has 1 saturated heterocycles. The molecule has 3 aromatic rings. The molecule has 1 fully saturated rings. The highest BCUT2D eigenvalue weighted by Gasteiger charge is 2.38. The van der Waals surface area contributed by atoms with Crippen LogP contribution in [-0.2, 0) is 11.2 Å². The lowest BCUT2D eigenvalue weighted by Gasteiger charge is -2.23. The van der Waals surface area contributed by atoms with Crippen LogP contribution in [0.4, 0.5) is 0 Å². The third kappa shape index (κ3) is 3.23. The van der Waals surface area contributed by atoms with Gasteiger partial charge in [-0.15, -0.1) is 0 Å². The Balaban J connectivity index is 1.52. The summed E-state index contributed by atoms with van der Waals surface area (Å²) in [5.41, 5.74) is 1.72. The van der Waals surface area contributed by atoms with E-state index in [9.17, 15) is 4.79 Å². The number of likely N-dealkylation sites (tertiary alicyclic amines) is 1. The number of carbonyl (C=O) groups is 1. The predicted octanol–water partition coefficient (Wildman–Crippen LogP) is 1.72. The van der Waals surface area contributed by atoms with E-state index in [2.05, 4.69) is 25.1 Å². The maximum atomic E-state index is 13.0.